The molecule has 1 aliphatic rings. The Kier molecular flexibility index (Phi) is 12.1. The molecule has 0 aromatic carbocycles. The standard InChI is InChI=1S/C19H37NO8/c1-3-5-7-8-13(22)12(20-15(23)9-6-4-2)11-27-19-18(26)17(25)16(24)14(10-21)28-19/h12-14,16-19,21-22,24-26H,3-11H2,1-2H3,(H,20,23). The van der Waals surface area contributed by atoms with Gasteiger partial charge in [0.05, 0.1) is 25.4 Å². The monoisotopic (exact) mass is 407 g/mol. The third kappa shape index (κ3) is 7.90. The molecule has 6 N–H and O–H groups in total. The molecule has 0 aromatic heterocycles. The van der Waals surface area contributed by atoms with Crippen molar-refractivity contribution in [2.45, 2.75) is 102 Å². The van der Waals surface area contributed by atoms with Gasteiger partial charge in [-0.25, -0.2) is 0 Å². The van der Waals surface area contributed by atoms with Gasteiger partial charge in [-0.15, -0.1) is 0 Å². The van der Waals surface area contributed by atoms with E-state index in [1.165, 1.54) is 0 Å². The van der Waals surface area contributed by atoms with Crippen molar-refractivity contribution in [2.24, 2.45) is 0 Å². The van der Waals surface area contributed by atoms with Crippen LogP contribution in [-0.4, -0.2) is 87.5 Å². The number of aliphatic hydroxyl groups is 5. The van der Waals surface area contributed by atoms with E-state index in [2.05, 4.69) is 12.2 Å². The van der Waals surface area contributed by atoms with Crippen molar-refractivity contribution < 1.29 is 39.8 Å². The molecule has 0 aromatic rings. The van der Waals surface area contributed by atoms with E-state index >= 15 is 0 Å². The highest BCUT2D eigenvalue weighted by Crippen LogP contribution is 2.22. The molecule has 28 heavy (non-hydrogen) atoms. The predicted octanol–water partition coefficient (Wildman–Crippen LogP) is -0.581. The van der Waals surface area contributed by atoms with Crippen molar-refractivity contribution in [2.75, 3.05) is 13.2 Å². The van der Waals surface area contributed by atoms with Crippen LogP contribution in [0.25, 0.3) is 0 Å². The fourth-order valence-electron chi connectivity index (χ4n) is 3.07. The first-order valence-electron chi connectivity index (χ1n) is 10.2. The van der Waals surface area contributed by atoms with Gasteiger partial charge in [0.2, 0.25) is 5.91 Å². The third-order valence-corrected chi connectivity index (χ3v) is 4.96. The van der Waals surface area contributed by atoms with Gasteiger partial charge in [-0.1, -0.05) is 39.5 Å². The summed E-state index contributed by atoms with van der Waals surface area (Å²) in [5, 5.41) is 52.2. The van der Waals surface area contributed by atoms with Crippen LogP contribution in [0.3, 0.4) is 0 Å². The zero-order valence-electron chi connectivity index (χ0n) is 16.9. The molecule has 7 atom stereocenters. The zero-order valence-corrected chi connectivity index (χ0v) is 16.9. The van der Waals surface area contributed by atoms with Gasteiger partial charge in [0.1, 0.15) is 24.4 Å². The van der Waals surface area contributed by atoms with Crippen LogP contribution < -0.4 is 5.32 Å². The minimum absolute atomic E-state index is 0.145. The van der Waals surface area contributed by atoms with Gasteiger partial charge in [0.25, 0.3) is 0 Å². The van der Waals surface area contributed by atoms with E-state index in [1.807, 2.05) is 6.92 Å². The van der Waals surface area contributed by atoms with E-state index in [1.54, 1.807) is 0 Å². The second-order valence-corrected chi connectivity index (χ2v) is 7.37. The summed E-state index contributed by atoms with van der Waals surface area (Å²) >= 11 is 0. The van der Waals surface area contributed by atoms with Crippen LogP contribution in [0.4, 0.5) is 0 Å². The minimum atomic E-state index is -1.54. The fourth-order valence-corrected chi connectivity index (χ4v) is 3.07. The second kappa shape index (κ2) is 13.4. The number of ether oxygens (including phenoxy) is 2. The summed E-state index contributed by atoms with van der Waals surface area (Å²) in [4.78, 5) is 12.1. The van der Waals surface area contributed by atoms with Crippen LogP contribution in [0.1, 0.15) is 58.8 Å². The van der Waals surface area contributed by atoms with E-state index in [0.717, 1.165) is 32.1 Å². The maximum Gasteiger partial charge on any atom is 0.220 e. The Hall–Kier alpha value is -0.810. The number of carbonyl (C=O) groups is 1. The summed E-state index contributed by atoms with van der Waals surface area (Å²) < 4.78 is 10.8. The second-order valence-electron chi connectivity index (χ2n) is 7.37. The van der Waals surface area contributed by atoms with Crippen molar-refractivity contribution in [3.05, 3.63) is 0 Å². The van der Waals surface area contributed by atoms with Crippen molar-refractivity contribution in [1.82, 2.24) is 5.32 Å². The number of unbranched alkanes of at least 4 members (excludes halogenated alkanes) is 3. The number of rotatable bonds is 13. The lowest BCUT2D eigenvalue weighted by molar-refractivity contribution is -0.302. The molecule has 166 valence electrons. The Morgan fingerprint density at radius 1 is 1.07 bits per heavy atom. The number of carbonyl (C=O) groups excluding carboxylic acids is 1. The average Bonchev–Trinajstić information content (AvgIpc) is 2.69. The lowest BCUT2D eigenvalue weighted by Gasteiger charge is -2.40. The topological polar surface area (TPSA) is 149 Å². The molecule has 9 nitrogen and oxygen atoms in total. The van der Waals surface area contributed by atoms with Crippen molar-refractivity contribution >= 4 is 5.91 Å². The van der Waals surface area contributed by atoms with E-state index < -0.39 is 49.5 Å². The number of hydrogen-bond acceptors (Lipinski definition) is 8. The molecule has 1 aliphatic heterocycles. The highest BCUT2D eigenvalue weighted by Gasteiger charge is 2.44. The number of amides is 1. The Morgan fingerprint density at radius 2 is 1.75 bits per heavy atom. The molecule has 1 heterocycles. The Labute approximate surface area is 166 Å². The summed E-state index contributed by atoms with van der Waals surface area (Å²) in [5.41, 5.74) is 0. The molecule has 1 fully saturated rings. The molecule has 0 radical (unpaired) electrons. The van der Waals surface area contributed by atoms with Gasteiger partial charge in [-0.3, -0.25) is 4.79 Å². The lowest BCUT2D eigenvalue weighted by Crippen LogP contribution is -2.60. The maximum atomic E-state index is 12.1. The lowest BCUT2D eigenvalue weighted by atomic mass is 9.99. The number of hydrogen-bond donors (Lipinski definition) is 6. The first-order valence-corrected chi connectivity index (χ1v) is 10.2. The highest BCUT2D eigenvalue weighted by atomic mass is 16.7. The van der Waals surface area contributed by atoms with Crippen LogP contribution in [0.5, 0.6) is 0 Å². The van der Waals surface area contributed by atoms with E-state index in [4.69, 9.17) is 9.47 Å². The van der Waals surface area contributed by atoms with E-state index in [9.17, 15) is 30.3 Å². The number of nitrogens with one attached hydrogen (secondary N) is 1. The molecular formula is C19H37NO8. The molecule has 0 aliphatic carbocycles. The van der Waals surface area contributed by atoms with E-state index in [-0.39, 0.29) is 12.5 Å². The van der Waals surface area contributed by atoms with E-state index in [0.29, 0.717) is 12.8 Å². The summed E-state index contributed by atoms with van der Waals surface area (Å²) in [7, 11) is 0. The largest absolute Gasteiger partial charge is 0.394 e. The van der Waals surface area contributed by atoms with Crippen LogP contribution >= 0.6 is 0 Å². The summed E-state index contributed by atoms with van der Waals surface area (Å²) in [6.45, 7) is 3.33. The highest BCUT2D eigenvalue weighted by molar-refractivity contribution is 5.76. The van der Waals surface area contributed by atoms with Gasteiger partial charge in [0.15, 0.2) is 6.29 Å². The Balaban J connectivity index is 2.68. The molecule has 1 rings (SSSR count). The molecule has 1 saturated heterocycles. The van der Waals surface area contributed by atoms with Crippen LogP contribution in [0, 0.1) is 0 Å². The molecule has 1 amide bonds. The zero-order chi connectivity index (χ0) is 21.1. The Morgan fingerprint density at radius 3 is 2.36 bits per heavy atom. The van der Waals surface area contributed by atoms with Crippen LogP contribution in [0.2, 0.25) is 0 Å². The van der Waals surface area contributed by atoms with Gasteiger partial charge in [-0.2, -0.15) is 0 Å². The van der Waals surface area contributed by atoms with Crippen LogP contribution in [-0.2, 0) is 14.3 Å². The molecule has 0 bridgehead atoms. The van der Waals surface area contributed by atoms with Crippen molar-refractivity contribution in [3.8, 4) is 0 Å². The smallest absolute Gasteiger partial charge is 0.220 e. The SMILES string of the molecule is CCCCCC(O)C(COC1OC(CO)C(O)C(O)C1O)NC(=O)CCCC. The fraction of sp³-hybridized carbons (Fsp3) is 0.947. The molecule has 0 spiro atoms. The molecule has 7 unspecified atom stereocenters. The van der Waals surface area contributed by atoms with Gasteiger partial charge in [-0.05, 0) is 12.8 Å². The predicted molar refractivity (Wildman–Crippen MR) is 101 cm³/mol. The van der Waals surface area contributed by atoms with Crippen molar-refractivity contribution in [1.29, 1.82) is 0 Å². The molecule has 0 saturated carbocycles. The van der Waals surface area contributed by atoms with Gasteiger partial charge < -0.3 is 40.3 Å². The van der Waals surface area contributed by atoms with Crippen molar-refractivity contribution in [3.63, 3.8) is 0 Å². The normalized spacial score (nSPS) is 30.0. The maximum absolute atomic E-state index is 12.1. The quantitative estimate of drug-likeness (QED) is 0.222. The number of aliphatic hydroxyl groups excluding tert-OH is 5. The minimum Gasteiger partial charge on any atom is -0.394 e. The summed E-state index contributed by atoms with van der Waals surface area (Å²) in [6.07, 6.45) is -2.53. The first-order chi connectivity index (χ1) is 13.3. The Bertz CT molecular complexity index is 436. The first kappa shape index (κ1) is 25.2. The molecule has 9 heteroatoms. The van der Waals surface area contributed by atoms with Gasteiger partial charge >= 0.3 is 0 Å². The molecular weight excluding hydrogens is 370 g/mol. The summed E-state index contributed by atoms with van der Waals surface area (Å²) in [6, 6.07) is -0.700. The average molecular weight is 408 g/mol. The van der Waals surface area contributed by atoms with Gasteiger partial charge in [0, 0.05) is 6.42 Å². The van der Waals surface area contributed by atoms with Crippen LogP contribution in [0.15, 0.2) is 0 Å². The summed E-state index contributed by atoms with van der Waals surface area (Å²) in [5.74, 6) is -0.196. The third-order valence-electron chi connectivity index (χ3n) is 4.96.